The molecule has 30 heavy (non-hydrogen) atoms. The van der Waals surface area contributed by atoms with Gasteiger partial charge in [0.15, 0.2) is 0 Å². The van der Waals surface area contributed by atoms with Gasteiger partial charge in [-0.2, -0.15) is 0 Å². The van der Waals surface area contributed by atoms with Crippen LogP contribution in [0, 0.1) is 6.92 Å². The van der Waals surface area contributed by atoms with E-state index in [1.807, 2.05) is 47.1 Å². The van der Waals surface area contributed by atoms with E-state index in [9.17, 15) is 14.4 Å². The number of nitrogens with zero attached hydrogens (tertiary/aromatic N) is 2. The Morgan fingerprint density at radius 1 is 0.967 bits per heavy atom. The predicted octanol–water partition coefficient (Wildman–Crippen LogP) is 3.61. The first kappa shape index (κ1) is 20.1. The molecule has 0 aromatic heterocycles. The van der Waals surface area contributed by atoms with Gasteiger partial charge in [-0.3, -0.25) is 14.4 Å². The summed E-state index contributed by atoms with van der Waals surface area (Å²) in [6.45, 7) is 4.84. The highest BCUT2D eigenvalue weighted by molar-refractivity contribution is 6.06. The molecule has 156 valence electrons. The molecule has 2 aromatic carbocycles. The van der Waals surface area contributed by atoms with Crippen LogP contribution < -0.4 is 5.32 Å². The van der Waals surface area contributed by atoms with Crippen LogP contribution in [0.15, 0.2) is 42.5 Å². The number of likely N-dealkylation sites (tertiary alicyclic amines) is 2. The maximum absolute atomic E-state index is 12.8. The van der Waals surface area contributed by atoms with E-state index in [0.29, 0.717) is 29.8 Å². The van der Waals surface area contributed by atoms with Gasteiger partial charge in [0.05, 0.1) is 0 Å². The quantitative estimate of drug-likeness (QED) is 0.826. The molecule has 6 nitrogen and oxygen atoms in total. The molecule has 0 radical (unpaired) electrons. The highest BCUT2D eigenvalue weighted by Crippen LogP contribution is 2.23. The normalized spacial score (nSPS) is 16.2. The second-order valence-corrected chi connectivity index (χ2v) is 8.05. The van der Waals surface area contributed by atoms with Crippen molar-refractivity contribution in [3.63, 3.8) is 0 Å². The second-order valence-electron chi connectivity index (χ2n) is 8.05. The monoisotopic (exact) mass is 405 g/mol. The van der Waals surface area contributed by atoms with E-state index in [1.165, 1.54) is 0 Å². The van der Waals surface area contributed by atoms with Crippen LogP contribution in [0.3, 0.4) is 0 Å². The summed E-state index contributed by atoms with van der Waals surface area (Å²) in [7, 11) is 0. The van der Waals surface area contributed by atoms with Gasteiger partial charge in [-0.15, -0.1) is 0 Å². The van der Waals surface area contributed by atoms with Crippen molar-refractivity contribution in [2.45, 2.75) is 39.2 Å². The van der Waals surface area contributed by atoms with Gasteiger partial charge in [0.25, 0.3) is 11.8 Å². The first-order valence-electron chi connectivity index (χ1n) is 10.6. The molecule has 0 saturated carbocycles. The summed E-state index contributed by atoms with van der Waals surface area (Å²) in [6, 6.07) is 12.8. The summed E-state index contributed by atoms with van der Waals surface area (Å²) in [5, 5.41) is 2.94. The zero-order chi connectivity index (χ0) is 21.1. The molecule has 4 rings (SSSR count). The van der Waals surface area contributed by atoms with E-state index in [1.54, 1.807) is 12.1 Å². The number of anilines is 1. The van der Waals surface area contributed by atoms with Crippen molar-refractivity contribution in [3.8, 4) is 0 Å². The smallest absolute Gasteiger partial charge is 0.255 e. The number of nitrogens with one attached hydrogen (secondary N) is 1. The molecular weight excluding hydrogens is 378 g/mol. The number of benzene rings is 2. The molecule has 2 aliphatic rings. The fraction of sp³-hybridized carbons (Fsp3) is 0.375. The average molecular weight is 405 g/mol. The first-order valence-corrected chi connectivity index (χ1v) is 10.6. The summed E-state index contributed by atoms with van der Waals surface area (Å²) in [6.07, 6.45) is 3.63. The van der Waals surface area contributed by atoms with E-state index in [-0.39, 0.29) is 17.7 Å². The fourth-order valence-electron chi connectivity index (χ4n) is 4.14. The number of carbonyl (C=O) groups excluding carboxylic acids is 3. The number of hydrogen-bond acceptors (Lipinski definition) is 3. The lowest BCUT2D eigenvalue weighted by Crippen LogP contribution is -2.28. The van der Waals surface area contributed by atoms with Crippen molar-refractivity contribution in [1.82, 2.24) is 9.80 Å². The molecule has 2 fully saturated rings. The number of amides is 3. The number of rotatable bonds is 5. The molecule has 6 heteroatoms. The zero-order valence-corrected chi connectivity index (χ0v) is 17.3. The van der Waals surface area contributed by atoms with Crippen LogP contribution in [0.25, 0.3) is 0 Å². The molecule has 2 heterocycles. The molecule has 1 N–H and O–H groups in total. The van der Waals surface area contributed by atoms with Crippen molar-refractivity contribution in [2.75, 3.05) is 25.0 Å². The number of carbonyl (C=O) groups is 3. The maximum Gasteiger partial charge on any atom is 0.255 e. The number of hydrogen-bond donors (Lipinski definition) is 1. The molecule has 2 aliphatic heterocycles. The summed E-state index contributed by atoms with van der Waals surface area (Å²) in [5.74, 6) is 0.00485. The van der Waals surface area contributed by atoms with Gasteiger partial charge < -0.3 is 15.1 Å². The maximum atomic E-state index is 12.8. The Labute approximate surface area is 176 Å². The predicted molar refractivity (Wildman–Crippen MR) is 115 cm³/mol. The molecule has 2 aromatic rings. The van der Waals surface area contributed by atoms with E-state index < -0.39 is 0 Å². The molecule has 0 atom stereocenters. The van der Waals surface area contributed by atoms with Gasteiger partial charge in [-0.05, 0) is 61.6 Å². The van der Waals surface area contributed by atoms with Crippen LogP contribution in [-0.4, -0.2) is 47.2 Å². The SMILES string of the molecule is Cc1c(NC(=O)c2ccc(CN3CCCC3=O)cc2)cccc1C(=O)N1CCCC1. The largest absolute Gasteiger partial charge is 0.339 e. The molecule has 0 aliphatic carbocycles. The molecule has 0 bridgehead atoms. The zero-order valence-electron chi connectivity index (χ0n) is 17.3. The third-order valence-corrected chi connectivity index (χ3v) is 5.97. The second kappa shape index (κ2) is 8.69. The summed E-state index contributed by atoms with van der Waals surface area (Å²) in [4.78, 5) is 41.0. The van der Waals surface area contributed by atoms with Crippen molar-refractivity contribution in [3.05, 3.63) is 64.7 Å². The molecule has 0 spiro atoms. The van der Waals surface area contributed by atoms with Crippen molar-refractivity contribution < 1.29 is 14.4 Å². The van der Waals surface area contributed by atoms with Crippen LogP contribution in [0.1, 0.15) is 57.5 Å². The summed E-state index contributed by atoms with van der Waals surface area (Å²) >= 11 is 0. The lowest BCUT2D eigenvalue weighted by atomic mass is 10.0. The third-order valence-electron chi connectivity index (χ3n) is 5.97. The fourth-order valence-corrected chi connectivity index (χ4v) is 4.14. The van der Waals surface area contributed by atoms with Crippen molar-refractivity contribution in [1.29, 1.82) is 0 Å². The molecular formula is C24H27N3O3. The molecule has 2 saturated heterocycles. The van der Waals surface area contributed by atoms with Crippen LogP contribution in [0.2, 0.25) is 0 Å². The van der Waals surface area contributed by atoms with Gasteiger partial charge >= 0.3 is 0 Å². The van der Waals surface area contributed by atoms with Crippen LogP contribution >= 0.6 is 0 Å². The standard InChI is InChI=1S/C24H27N3O3/c1-17-20(24(30)26-13-2-3-14-26)6-4-7-21(17)25-23(29)19-11-9-18(10-12-19)16-27-15-5-8-22(27)28/h4,6-7,9-12H,2-3,5,8,13-16H2,1H3,(H,25,29). The van der Waals surface area contributed by atoms with Crippen LogP contribution in [-0.2, 0) is 11.3 Å². The minimum Gasteiger partial charge on any atom is -0.339 e. The average Bonchev–Trinajstić information content (AvgIpc) is 3.42. The van der Waals surface area contributed by atoms with E-state index in [0.717, 1.165) is 50.0 Å². The van der Waals surface area contributed by atoms with Crippen molar-refractivity contribution >= 4 is 23.4 Å². The minimum atomic E-state index is -0.215. The van der Waals surface area contributed by atoms with Crippen LogP contribution in [0.4, 0.5) is 5.69 Å². The topological polar surface area (TPSA) is 69.7 Å². The van der Waals surface area contributed by atoms with Crippen molar-refractivity contribution in [2.24, 2.45) is 0 Å². The lowest BCUT2D eigenvalue weighted by Gasteiger charge is -2.18. The Bertz CT molecular complexity index is 962. The third kappa shape index (κ3) is 4.22. The Hall–Kier alpha value is -3.15. The molecule has 0 unspecified atom stereocenters. The summed E-state index contributed by atoms with van der Waals surface area (Å²) in [5.41, 5.74) is 3.63. The van der Waals surface area contributed by atoms with E-state index >= 15 is 0 Å². The Morgan fingerprint density at radius 2 is 1.70 bits per heavy atom. The Morgan fingerprint density at radius 3 is 2.37 bits per heavy atom. The van der Waals surface area contributed by atoms with E-state index in [2.05, 4.69) is 5.32 Å². The van der Waals surface area contributed by atoms with Gasteiger partial charge in [0.1, 0.15) is 0 Å². The Balaban J connectivity index is 1.44. The highest BCUT2D eigenvalue weighted by Gasteiger charge is 2.22. The van der Waals surface area contributed by atoms with E-state index in [4.69, 9.17) is 0 Å². The van der Waals surface area contributed by atoms with Gasteiger partial charge in [0, 0.05) is 49.4 Å². The van der Waals surface area contributed by atoms with Gasteiger partial charge in [-0.1, -0.05) is 18.2 Å². The van der Waals surface area contributed by atoms with Crippen LogP contribution in [0.5, 0.6) is 0 Å². The molecule has 3 amide bonds. The van der Waals surface area contributed by atoms with Gasteiger partial charge in [0.2, 0.25) is 5.91 Å². The Kier molecular flexibility index (Phi) is 5.84. The highest BCUT2D eigenvalue weighted by atomic mass is 16.2. The van der Waals surface area contributed by atoms with Gasteiger partial charge in [-0.25, -0.2) is 0 Å². The lowest BCUT2D eigenvalue weighted by molar-refractivity contribution is -0.128. The first-order chi connectivity index (χ1) is 14.5. The summed E-state index contributed by atoms with van der Waals surface area (Å²) < 4.78 is 0. The minimum absolute atomic E-state index is 0.0295.